The second-order valence-corrected chi connectivity index (χ2v) is 8.71. The van der Waals surface area contributed by atoms with Gasteiger partial charge in [0.05, 0.1) is 5.25 Å². The molecular weight excluding hydrogens is 382 g/mol. The van der Waals surface area contributed by atoms with Crippen LogP contribution in [0.5, 0.6) is 0 Å². The van der Waals surface area contributed by atoms with E-state index >= 15 is 0 Å². The average molecular weight is 410 g/mol. The number of carbonyl (C=O) groups excluding carboxylic acids is 2. The summed E-state index contributed by atoms with van der Waals surface area (Å²) in [5, 5.41) is 0.709. The molecule has 2 heterocycles. The van der Waals surface area contributed by atoms with Crippen LogP contribution in [0, 0.1) is 0 Å². The fourth-order valence-electron chi connectivity index (χ4n) is 3.70. The summed E-state index contributed by atoms with van der Waals surface area (Å²) < 4.78 is 0. The third kappa shape index (κ3) is 4.61. The Kier molecular flexibility index (Phi) is 7.06. The summed E-state index contributed by atoms with van der Waals surface area (Å²) >= 11 is 8.13. The molecule has 0 radical (unpaired) electrons. The molecule has 1 aromatic rings. The monoisotopic (exact) mass is 409 g/mol. The summed E-state index contributed by atoms with van der Waals surface area (Å²) in [4.78, 5) is 31.0. The summed E-state index contributed by atoms with van der Waals surface area (Å²) in [6.07, 6.45) is 1.40. The molecule has 2 aliphatic rings. The Morgan fingerprint density at radius 1 is 1.15 bits per heavy atom. The van der Waals surface area contributed by atoms with E-state index in [1.807, 2.05) is 41.0 Å². The quantitative estimate of drug-likeness (QED) is 0.723. The van der Waals surface area contributed by atoms with Crippen LogP contribution in [0.25, 0.3) is 0 Å². The zero-order valence-electron chi connectivity index (χ0n) is 16.1. The Labute approximate surface area is 171 Å². The molecule has 0 saturated carbocycles. The normalized spacial score (nSPS) is 23.9. The summed E-state index contributed by atoms with van der Waals surface area (Å²) in [7, 11) is 0. The van der Waals surface area contributed by atoms with Gasteiger partial charge in [0.15, 0.2) is 0 Å². The number of hydrogen-bond acceptors (Lipinski definition) is 4. The molecule has 0 N–H and O–H groups in total. The summed E-state index contributed by atoms with van der Waals surface area (Å²) in [6, 6.07) is 7.82. The molecule has 7 heteroatoms. The van der Waals surface area contributed by atoms with Gasteiger partial charge in [-0.15, -0.1) is 11.8 Å². The van der Waals surface area contributed by atoms with Gasteiger partial charge >= 0.3 is 0 Å². The largest absolute Gasteiger partial charge is 0.340 e. The summed E-state index contributed by atoms with van der Waals surface area (Å²) in [5.41, 5.74) is 1.02. The van der Waals surface area contributed by atoms with Crippen LogP contribution in [0.3, 0.4) is 0 Å². The Morgan fingerprint density at radius 3 is 2.48 bits per heavy atom. The van der Waals surface area contributed by atoms with Gasteiger partial charge in [0, 0.05) is 56.3 Å². The van der Waals surface area contributed by atoms with E-state index in [-0.39, 0.29) is 22.4 Å². The average Bonchev–Trinajstić information content (AvgIpc) is 3.02. The van der Waals surface area contributed by atoms with Gasteiger partial charge in [-0.05, 0) is 12.5 Å². The third-order valence-corrected chi connectivity index (χ3v) is 7.34. The smallest absolute Gasteiger partial charge is 0.236 e. The second kappa shape index (κ2) is 9.30. The Balaban J connectivity index is 1.63. The van der Waals surface area contributed by atoms with Crippen molar-refractivity contribution in [3.05, 3.63) is 34.9 Å². The lowest BCUT2D eigenvalue weighted by Crippen LogP contribution is -2.50. The van der Waals surface area contributed by atoms with Gasteiger partial charge in [0.25, 0.3) is 0 Å². The number of amides is 2. The highest BCUT2D eigenvalue weighted by Gasteiger charge is 2.40. The number of hydrogen-bond donors (Lipinski definition) is 0. The molecule has 0 spiro atoms. The first-order chi connectivity index (χ1) is 13.0. The van der Waals surface area contributed by atoms with E-state index in [0.717, 1.165) is 49.7 Å². The Morgan fingerprint density at radius 2 is 1.85 bits per heavy atom. The first-order valence-electron chi connectivity index (χ1n) is 9.75. The molecule has 1 aromatic carbocycles. The molecule has 0 bridgehead atoms. The minimum Gasteiger partial charge on any atom is -0.340 e. The van der Waals surface area contributed by atoms with Gasteiger partial charge in [-0.3, -0.25) is 14.5 Å². The van der Waals surface area contributed by atoms with Crippen LogP contribution >= 0.6 is 23.4 Å². The summed E-state index contributed by atoms with van der Waals surface area (Å²) in [6.45, 7) is 8.79. The number of nitrogens with zero attached hydrogens (tertiary/aromatic N) is 3. The molecule has 2 atom stereocenters. The van der Waals surface area contributed by atoms with Crippen LogP contribution < -0.4 is 0 Å². The maximum Gasteiger partial charge on any atom is 0.236 e. The van der Waals surface area contributed by atoms with Crippen LogP contribution in [-0.2, 0) is 9.59 Å². The van der Waals surface area contributed by atoms with Crippen molar-refractivity contribution in [2.45, 2.75) is 37.3 Å². The van der Waals surface area contributed by atoms with Crippen LogP contribution in [-0.4, -0.2) is 71.0 Å². The minimum atomic E-state index is -0.0147. The van der Waals surface area contributed by atoms with Crippen molar-refractivity contribution >= 4 is 35.2 Å². The van der Waals surface area contributed by atoms with Gasteiger partial charge in [-0.1, -0.05) is 43.6 Å². The maximum atomic E-state index is 12.9. The van der Waals surface area contributed by atoms with Crippen molar-refractivity contribution in [1.82, 2.24) is 14.7 Å². The number of piperazine rings is 1. The lowest BCUT2D eigenvalue weighted by atomic mass is 10.2. The van der Waals surface area contributed by atoms with Gasteiger partial charge in [-0.2, -0.15) is 0 Å². The molecule has 2 aliphatic heterocycles. The van der Waals surface area contributed by atoms with E-state index in [4.69, 9.17) is 11.6 Å². The van der Waals surface area contributed by atoms with E-state index in [1.54, 1.807) is 11.8 Å². The minimum absolute atomic E-state index is 0.00490. The SMILES string of the molecule is CCC(=O)N1CCN(CCN2C(=O)[C@@H](CC)S[C@@H]2c2ccccc2Cl)CC1. The number of carbonyl (C=O) groups is 2. The van der Waals surface area contributed by atoms with E-state index < -0.39 is 0 Å². The standard InChI is InChI=1S/C20H28ClN3O2S/c1-3-17-19(26)24(20(27-17)15-7-5-6-8-16(15)21)14-11-22-9-12-23(13-10-22)18(25)4-2/h5-8,17,20H,3-4,9-14H2,1-2H3/t17-,20-/m1/s1. The third-order valence-electron chi connectivity index (χ3n) is 5.36. The number of thioether (sulfide) groups is 1. The van der Waals surface area contributed by atoms with Gasteiger partial charge in [0.1, 0.15) is 5.37 Å². The zero-order chi connectivity index (χ0) is 19.4. The number of halogens is 1. The fourth-order valence-corrected chi connectivity index (χ4v) is 5.46. The highest BCUT2D eigenvalue weighted by atomic mass is 35.5. The first kappa shape index (κ1) is 20.5. The van der Waals surface area contributed by atoms with E-state index in [1.165, 1.54) is 0 Å². The molecule has 27 heavy (non-hydrogen) atoms. The first-order valence-corrected chi connectivity index (χ1v) is 11.1. The van der Waals surface area contributed by atoms with Gasteiger partial charge < -0.3 is 9.80 Å². The highest BCUT2D eigenvalue weighted by Crippen LogP contribution is 2.45. The lowest BCUT2D eigenvalue weighted by molar-refractivity contribution is -0.132. The van der Waals surface area contributed by atoms with Crippen molar-refractivity contribution in [3.8, 4) is 0 Å². The van der Waals surface area contributed by atoms with E-state index in [9.17, 15) is 9.59 Å². The highest BCUT2D eigenvalue weighted by molar-refractivity contribution is 8.01. The fraction of sp³-hybridized carbons (Fsp3) is 0.600. The van der Waals surface area contributed by atoms with Crippen molar-refractivity contribution < 1.29 is 9.59 Å². The van der Waals surface area contributed by atoms with Crippen molar-refractivity contribution in [3.63, 3.8) is 0 Å². The molecule has 0 aliphatic carbocycles. The van der Waals surface area contributed by atoms with Crippen LogP contribution in [0.15, 0.2) is 24.3 Å². The van der Waals surface area contributed by atoms with E-state index in [2.05, 4.69) is 11.8 Å². The lowest BCUT2D eigenvalue weighted by Gasteiger charge is -2.36. The van der Waals surface area contributed by atoms with Crippen molar-refractivity contribution in [1.29, 1.82) is 0 Å². The Bertz CT molecular complexity index is 679. The van der Waals surface area contributed by atoms with E-state index in [0.29, 0.717) is 13.0 Å². The zero-order valence-corrected chi connectivity index (χ0v) is 17.6. The topological polar surface area (TPSA) is 43.9 Å². The molecule has 3 rings (SSSR count). The molecule has 5 nitrogen and oxygen atoms in total. The number of benzene rings is 1. The maximum absolute atomic E-state index is 12.9. The van der Waals surface area contributed by atoms with Crippen LogP contribution in [0.4, 0.5) is 0 Å². The van der Waals surface area contributed by atoms with Crippen molar-refractivity contribution in [2.24, 2.45) is 0 Å². The van der Waals surface area contributed by atoms with Crippen LogP contribution in [0.1, 0.15) is 37.6 Å². The molecule has 0 unspecified atom stereocenters. The molecule has 2 saturated heterocycles. The van der Waals surface area contributed by atoms with Gasteiger partial charge in [-0.25, -0.2) is 0 Å². The van der Waals surface area contributed by atoms with Crippen molar-refractivity contribution in [2.75, 3.05) is 39.3 Å². The Hall–Kier alpha value is -1.24. The number of rotatable bonds is 6. The molecular formula is C20H28ClN3O2S. The van der Waals surface area contributed by atoms with Gasteiger partial charge in [0.2, 0.25) is 11.8 Å². The summed E-state index contributed by atoms with van der Waals surface area (Å²) in [5.74, 6) is 0.442. The second-order valence-electron chi connectivity index (χ2n) is 7.01. The molecule has 2 fully saturated rings. The molecule has 2 amide bonds. The predicted octanol–water partition coefficient (Wildman–Crippen LogP) is 3.25. The van der Waals surface area contributed by atoms with Crippen LogP contribution in [0.2, 0.25) is 5.02 Å². The molecule has 0 aromatic heterocycles. The molecule has 148 valence electrons. The predicted molar refractivity (Wildman–Crippen MR) is 111 cm³/mol.